The van der Waals surface area contributed by atoms with Gasteiger partial charge in [-0.05, 0) is 35.6 Å². The van der Waals surface area contributed by atoms with Crippen molar-refractivity contribution < 1.29 is 13.3 Å². The topological polar surface area (TPSA) is 95.8 Å². The van der Waals surface area contributed by atoms with Gasteiger partial charge in [-0.2, -0.15) is 4.31 Å². The maximum absolute atomic E-state index is 12.7. The number of nitro groups is 1. The fourth-order valence-electron chi connectivity index (χ4n) is 3.53. The van der Waals surface area contributed by atoms with Crippen molar-refractivity contribution in [2.24, 2.45) is 0 Å². The molecule has 8 nitrogen and oxygen atoms in total. The molecule has 0 radical (unpaired) electrons. The van der Waals surface area contributed by atoms with Gasteiger partial charge in [0.05, 0.1) is 9.82 Å². The van der Waals surface area contributed by atoms with Crippen LogP contribution in [0.3, 0.4) is 0 Å². The molecule has 0 unspecified atom stereocenters. The highest BCUT2D eigenvalue weighted by Crippen LogP contribution is 2.29. The van der Waals surface area contributed by atoms with E-state index in [9.17, 15) is 18.5 Å². The number of nitro benzene ring substituents is 1. The van der Waals surface area contributed by atoms with Crippen LogP contribution in [0.15, 0.2) is 34.5 Å². The second-order valence-corrected chi connectivity index (χ2v) is 9.79. The van der Waals surface area contributed by atoms with Crippen LogP contribution in [0.25, 0.3) is 0 Å². The van der Waals surface area contributed by atoms with E-state index in [1.165, 1.54) is 26.9 Å². The molecule has 1 aromatic heterocycles. The molecule has 3 rings (SSSR count). The summed E-state index contributed by atoms with van der Waals surface area (Å²) in [4.78, 5) is 14.7. The zero-order chi connectivity index (χ0) is 21.0. The van der Waals surface area contributed by atoms with Gasteiger partial charge in [0.1, 0.15) is 5.69 Å². The number of benzene rings is 1. The van der Waals surface area contributed by atoms with Crippen molar-refractivity contribution in [1.29, 1.82) is 0 Å². The summed E-state index contributed by atoms with van der Waals surface area (Å²) in [6, 6.07) is 6.22. The van der Waals surface area contributed by atoms with E-state index in [4.69, 9.17) is 0 Å². The van der Waals surface area contributed by atoms with Crippen molar-refractivity contribution in [3.05, 3.63) is 50.2 Å². The van der Waals surface area contributed by atoms with Crippen molar-refractivity contribution >= 4 is 32.7 Å². The van der Waals surface area contributed by atoms with Crippen molar-refractivity contribution in [3.8, 4) is 0 Å². The van der Waals surface area contributed by atoms with Crippen LogP contribution >= 0.6 is 11.3 Å². The summed E-state index contributed by atoms with van der Waals surface area (Å²) in [5, 5.41) is 16.8. The fraction of sp³-hybridized carbons (Fsp3) is 0.474. The molecule has 1 aromatic carbocycles. The monoisotopic (exact) mass is 438 g/mol. The number of hydrogen-bond acceptors (Lipinski definition) is 7. The maximum Gasteiger partial charge on any atom is 0.293 e. The third-order valence-electron chi connectivity index (χ3n) is 5.14. The zero-order valence-corrected chi connectivity index (χ0v) is 18.3. The molecule has 1 aliphatic heterocycles. The molecule has 0 fully saturated rings. The van der Waals surface area contributed by atoms with Crippen LogP contribution in [0.4, 0.5) is 11.4 Å². The SMILES string of the molecule is CCN(CC)S(=O)(=O)c1ccc(NCCN2CCc3sccc3C2)c([N+](=O)[O-])c1. The molecule has 158 valence electrons. The van der Waals surface area contributed by atoms with Crippen molar-refractivity contribution in [2.75, 3.05) is 38.0 Å². The third kappa shape index (κ3) is 4.77. The average Bonchev–Trinajstić information content (AvgIpc) is 3.16. The molecule has 2 heterocycles. The molecule has 0 aliphatic carbocycles. The van der Waals surface area contributed by atoms with E-state index in [0.29, 0.717) is 25.3 Å². The van der Waals surface area contributed by atoms with Gasteiger partial charge in [0.25, 0.3) is 5.69 Å². The number of rotatable bonds is 9. The first-order chi connectivity index (χ1) is 13.9. The number of nitrogens with one attached hydrogen (secondary N) is 1. The largest absolute Gasteiger partial charge is 0.378 e. The van der Waals surface area contributed by atoms with Gasteiger partial charge < -0.3 is 5.32 Å². The van der Waals surface area contributed by atoms with Gasteiger partial charge >= 0.3 is 0 Å². The first kappa shape index (κ1) is 21.7. The lowest BCUT2D eigenvalue weighted by Gasteiger charge is -2.26. The molecule has 1 aliphatic rings. The highest BCUT2D eigenvalue weighted by atomic mass is 32.2. The van der Waals surface area contributed by atoms with Gasteiger partial charge in [-0.1, -0.05) is 13.8 Å². The molecule has 0 bridgehead atoms. The Morgan fingerprint density at radius 1 is 1.28 bits per heavy atom. The molecule has 10 heteroatoms. The van der Waals surface area contributed by atoms with E-state index < -0.39 is 14.9 Å². The van der Waals surface area contributed by atoms with Gasteiger partial charge in [0, 0.05) is 50.2 Å². The van der Waals surface area contributed by atoms with Gasteiger partial charge in [-0.25, -0.2) is 8.42 Å². The first-order valence-corrected chi connectivity index (χ1v) is 12.0. The lowest BCUT2D eigenvalue weighted by molar-refractivity contribution is -0.384. The summed E-state index contributed by atoms with van der Waals surface area (Å²) < 4.78 is 26.6. The summed E-state index contributed by atoms with van der Waals surface area (Å²) in [7, 11) is -3.74. The smallest absolute Gasteiger partial charge is 0.293 e. The first-order valence-electron chi connectivity index (χ1n) is 9.66. The Balaban J connectivity index is 1.69. The number of anilines is 1. The average molecular weight is 439 g/mol. The number of nitrogens with zero attached hydrogens (tertiary/aromatic N) is 3. The van der Waals surface area contributed by atoms with E-state index in [0.717, 1.165) is 32.1 Å². The van der Waals surface area contributed by atoms with Crippen LogP contribution in [0.5, 0.6) is 0 Å². The van der Waals surface area contributed by atoms with Crippen LogP contribution < -0.4 is 5.32 Å². The summed E-state index contributed by atoms with van der Waals surface area (Å²) in [6.07, 6.45) is 1.03. The van der Waals surface area contributed by atoms with E-state index in [-0.39, 0.29) is 10.6 Å². The summed E-state index contributed by atoms with van der Waals surface area (Å²) >= 11 is 1.79. The Hall–Kier alpha value is -2.01. The number of thiophene rings is 1. The van der Waals surface area contributed by atoms with Crippen molar-refractivity contribution in [3.63, 3.8) is 0 Å². The molecule has 0 atom stereocenters. The molecule has 0 amide bonds. The van der Waals surface area contributed by atoms with Gasteiger partial charge in [0.15, 0.2) is 0 Å². The second-order valence-electron chi connectivity index (χ2n) is 6.85. The molecular weight excluding hydrogens is 412 g/mol. The minimum Gasteiger partial charge on any atom is -0.378 e. The fourth-order valence-corrected chi connectivity index (χ4v) is 5.90. The standard InChI is InChI=1S/C19H26N4O4S2/c1-3-22(4-2)29(26,27)16-5-6-17(18(13-16)23(24)25)20-9-11-21-10-7-19-15(14-21)8-12-28-19/h5-6,8,12-13,20H,3-4,7,9-11,14H2,1-2H3. The van der Waals surface area contributed by atoms with Crippen LogP contribution in [-0.4, -0.2) is 55.3 Å². The van der Waals surface area contributed by atoms with Gasteiger partial charge in [0.2, 0.25) is 10.0 Å². The Morgan fingerprint density at radius 3 is 2.72 bits per heavy atom. The van der Waals surface area contributed by atoms with Crippen LogP contribution in [-0.2, 0) is 23.0 Å². The highest BCUT2D eigenvalue weighted by Gasteiger charge is 2.25. The minimum absolute atomic E-state index is 0.0560. The lowest BCUT2D eigenvalue weighted by Crippen LogP contribution is -2.33. The maximum atomic E-state index is 12.7. The summed E-state index contributed by atoms with van der Waals surface area (Å²) in [6.45, 7) is 7.27. The van der Waals surface area contributed by atoms with Gasteiger partial charge in [-0.15, -0.1) is 11.3 Å². The third-order valence-corrected chi connectivity index (χ3v) is 8.21. The predicted molar refractivity (Wildman–Crippen MR) is 115 cm³/mol. The van der Waals surface area contributed by atoms with Crippen LogP contribution in [0, 0.1) is 10.1 Å². The second kappa shape index (κ2) is 9.21. The van der Waals surface area contributed by atoms with Crippen LogP contribution in [0.2, 0.25) is 0 Å². The quantitative estimate of drug-likeness (QED) is 0.477. The van der Waals surface area contributed by atoms with E-state index in [1.807, 2.05) is 0 Å². The van der Waals surface area contributed by atoms with Crippen LogP contribution in [0.1, 0.15) is 24.3 Å². The Labute approximate surface area is 175 Å². The Kier molecular flexibility index (Phi) is 6.89. The lowest BCUT2D eigenvalue weighted by atomic mass is 10.1. The van der Waals surface area contributed by atoms with E-state index >= 15 is 0 Å². The van der Waals surface area contributed by atoms with Gasteiger partial charge in [-0.3, -0.25) is 15.0 Å². The molecule has 2 aromatic rings. The Morgan fingerprint density at radius 2 is 2.03 bits per heavy atom. The normalized spacial score (nSPS) is 14.7. The molecular formula is C19H26N4O4S2. The van der Waals surface area contributed by atoms with Crippen molar-refractivity contribution in [1.82, 2.24) is 9.21 Å². The predicted octanol–water partition coefficient (Wildman–Crippen LogP) is 3.16. The highest BCUT2D eigenvalue weighted by molar-refractivity contribution is 7.89. The summed E-state index contributed by atoms with van der Waals surface area (Å²) in [5.41, 5.74) is 1.47. The number of hydrogen-bond donors (Lipinski definition) is 1. The van der Waals surface area contributed by atoms with E-state index in [2.05, 4.69) is 21.7 Å². The Bertz CT molecular complexity index is 970. The number of fused-ring (bicyclic) bond motifs is 1. The zero-order valence-electron chi connectivity index (χ0n) is 16.6. The molecule has 29 heavy (non-hydrogen) atoms. The molecule has 1 N–H and O–H groups in total. The summed E-state index contributed by atoms with van der Waals surface area (Å²) in [5.74, 6) is 0. The number of sulfonamides is 1. The minimum atomic E-state index is -3.74. The van der Waals surface area contributed by atoms with E-state index in [1.54, 1.807) is 25.2 Å². The molecule has 0 saturated carbocycles. The molecule has 0 saturated heterocycles. The van der Waals surface area contributed by atoms with Crippen molar-refractivity contribution in [2.45, 2.75) is 31.7 Å². The molecule has 0 spiro atoms.